The monoisotopic (exact) mass is 324 g/mol. The lowest BCUT2D eigenvalue weighted by Crippen LogP contribution is -2.21. The van der Waals surface area contributed by atoms with Crippen LogP contribution in [0.3, 0.4) is 0 Å². The van der Waals surface area contributed by atoms with Crippen LogP contribution in [0.4, 0.5) is 0 Å². The number of methoxy groups -OCH3 is 1. The zero-order valence-corrected chi connectivity index (χ0v) is 13.3. The molecule has 0 aliphatic rings. The van der Waals surface area contributed by atoms with Crippen LogP contribution in [0.25, 0.3) is 10.8 Å². The van der Waals surface area contributed by atoms with E-state index in [-0.39, 0.29) is 22.4 Å². The first-order chi connectivity index (χ1) is 11.5. The third-order valence-electron chi connectivity index (χ3n) is 3.86. The van der Waals surface area contributed by atoms with Gasteiger partial charge in [-0.2, -0.15) is 0 Å². The van der Waals surface area contributed by atoms with Gasteiger partial charge in [0, 0.05) is 11.6 Å². The summed E-state index contributed by atoms with van der Waals surface area (Å²) in [4.78, 5) is 28.5. The van der Waals surface area contributed by atoms with Crippen molar-refractivity contribution < 1.29 is 14.6 Å². The molecule has 3 rings (SSSR count). The summed E-state index contributed by atoms with van der Waals surface area (Å²) < 4.78 is 6.15. The smallest absolute Gasteiger partial charge is 0.360 e. The van der Waals surface area contributed by atoms with Gasteiger partial charge in [-0.1, -0.05) is 30.3 Å². The summed E-state index contributed by atoms with van der Waals surface area (Å²) in [6, 6.07) is 11.2. The molecule has 3 aromatic rings. The number of ether oxygens (including phenoxy) is 1. The van der Waals surface area contributed by atoms with Crippen LogP contribution < -0.4 is 5.56 Å². The first kappa shape index (κ1) is 15.7. The summed E-state index contributed by atoms with van der Waals surface area (Å²) in [5.74, 6) is -1.09. The summed E-state index contributed by atoms with van der Waals surface area (Å²) in [6.07, 6.45) is 1.60. The van der Waals surface area contributed by atoms with Crippen molar-refractivity contribution >= 4 is 16.7 Å². The number of nitrogens with zero attached hydrogens (tertiary/aromatic N) is 2. The molecule has 0 fully saturated rings. The molecular formula is C18H16N2O4. The Morgan fingerprint density at radius 1 is 1.25 bits per heavy atom. The maximum absolute atomic E-state index is 12.8. The number of hydrogen-bond donors (Lipinski definition) is 1. The molecule has 122 valence electrons. The van der Waals surface area contributed by atoms with Crippen molar-refractivity contribution in [2.45, 2.75) is 13.5 Å². The number of aromatic hydroxyl groups is 1. The first-order valence-electron chi connectivity index (χ1n) is 7.38. The Labute approximate surface area is 138 Å². The van der Waals surface area contributed by atoms with Gasteiger partial charge in [0.25, 0.3) is 5.56 Å². The molecule has 0 aliphatic heterocycles. The number of benzene rings is 1. The predicted molar refractivity (Wildman–Crippen MR) is 89.3 cm³/mol. The highest BCUT2D eigenvalue weighted by Crippen LogP contribution is 2.27. The molecule has 0 amide bonds. The summed E-state index contributed by atoms with van der Waals surface area (Å²) in [5, 5.41) is 10.8. The van der Waals surface area contributed by atoms with Gasteiger partial charge in [-0.3, -0.25) is 4.79 Å². The normalized spacial score (nSPS) is 10.8. The van der Waals surface area contributed by atoms with Gasteiger partial charge in [0.1, 0.15) is 0 Å². The molecule has 1 N–H and O–H groups in total. The van der Waals surface area contributed by atoms with Crippen molar-refractivity contribution in [2.75, 3.05) is 7.11 Å². The highest BCUT2D eigenvalue weighted by Gasteiger charge is 2.20. The summed E-state index contributed by atoms with van der Waals surface area (Å²) in [5.41, 5.74) is 0.895. The fourth-order valence-corrected chi connectivity index (χ4v) is 2.67. The van der Waals surface area contributed by atoms with E-state index < -0.39 is 5.97 Å². The van der Waals surface area contributed by atoms with Crippen molar-refractivity contribution in [3.63, 3.8) is 0 Å². The van der Waals surface area contributed by atoms with Crippen LogP contribution in [0.2, 0.25) is 0 Å². The molecule has 0 atom stereocenters. The second-order valence-corrected chi connectivity index (χ2v) is 5.41. The van der Waals surface area contributed by atoms with Crippen LogP contribution in [0, 0.1) is 6.92 Å². The van der Waals surface area contributed by atoms with E-state index in [2.05, 4.69) is 9.72 Å². The lowest BCUT2D eigenvalue weighted by molar-refractivity contribution is 0.0590. The molecule has 0 bridgehead atoms. The van der Waals surface area contributed by atoms with Gasteiger partial charge < -0.3 is 14.4 Å². The summed E-state index contributed by atoms with van der Waals surface area (Å²) >= 11 is 0. The second kappa shape index (κ2) is 6.16. The van der Waals surface area contributed by atoms with E-state index in [9.17, 15) is 14.7 Å². The maximum Gasteiger partial charge on any atom is 0.360 e. The molecule has 0 spiro atoms. The second-order valence-electron chi connectivity index (χ2n) is 5.41. The number of hydrogen-bond acceptors (Lipinski definition) is 5. The Bertz CT molecular complexity index is 978. The number of pyridine rings is 2. The van der Waals surface area contributed by atoms with E-state index in [0.717, 1.165) is 5.56 Å². The van der Waals surface area contributed by atoms with Gasteiger partial charge in [0.05, 0.1) is 24.7 Å². The van der Waals surface area contributed by atoms with Gasteiger partial charge in [-0.05, 0) is 18.6 Å². The van der Waals surface area contributed by atoms with Gasteiger partial charge in [-0.15, -0.1) is 0 Å². The quantitative estimate of drug-likeness (QED) is 0.747. The average molecular weight is 324 g/mol. The SMILES string of the molecule is COC(=O)c1nc(C)c2c(=O)n(Cc3ccccc3)ccc2c1O. The van der Waals surface area contributed by atoms with Crippen LogP contribution >= 0.6 is 0 Å². The molecule has 24 heavy (non-hydrogen) atoms. The van der Waals surface area contributed by atoms with Crippen LogP contribution in [0.1, 0.15) is 21.7 Å². The van der Waals surface area contributed by atoms with Gasteiger partial charge >= 0.3 is 5.97 Å². The highest BCUT2D eigenvalue weighted by atomic mass is 16.5. The van der Waals surface area contributed by atoms with Crippen LogP contribution in [-0.2, 0) is 11.3 Å². The van der Waals surface area contributed by atoms with Gasteiger partial charge in [-0.25, -0.2) is 9.78 Å². The number of aryl methyl sites for hydroxylation is 1. The predicted octanol–water partition coefficient (Wildman–Crippen LogP) is 2.25. The van der Waals surface area contributed by atoms with E-state index in [1.54, 1.807) is 23.8 Å². The molecule has 0 saturated heterocycles. The molecule has 0 radical (unpaired) electrons. The molecule has 0 unspecified atom stereocenters. The highest BCUT2D eigenvalue weighted by molar-refractivity contribution is 5.99. The van der Waals surface area contributed by atoms with E-state index in [4.69, 9.17) is 0 Å². The summed E-state index contributed by atoms with van der Waals surface area (Å²) in [7, 11) is 1.21. The van der Waals surface area contributed by atoms with Gasteiger partial charge in [0.2, 0.25) is 0 Å². The maximum atomic E-state index is 12.8. The average Bonchev–Trinajstić information content (AvgIpc) is 2.60. The first-order valence-corrected chi connectivity index (χ1v) is 7.38. The molecule has 6 nitrogen and oxygen atoms in total. The minimum atomic E-state index is -0.744. The van der Waals surface area contributed by atoms with Crippen molar-refractivity contribution in [1.82, 2.24) is 9.55 Å². The Morgan fingerprint density at radius 2 is 1.96 bits per heavy atom. The van der Waals surface area contributed by atoms with E-state index in [0.29, 0.717) is 17.6 Å². The zero-order chi connectivity index (χ0) is 17.3. The number of carbonyl (C=O) groups is 1. The minimum absolute atomic E-state index is 0.192. The lowest BCUT2D eigenvalue weighted by Gasteiger charge is -2.11. The lowest BCUT2D eigenvalue weighted by atomic mass is 10.1. The Balaban J connectivity index is 2.18. The molecule has 1 aromatic carbocycles. The molecule has 6 heteroatoms. The minimum Gasteiger partial charge on any atom is -0.505 e. The largest absolute Gasteiger partial charge is 0.505 e. The number of carbonyl (C=O) groups excluding carboxylic acids is 1. The van der Waals surface area contributed by atoms with Crippen molar-refractivity contribution in [3.8, 4) is 5.75 Å². The summed E-state index contributed by atoms with van der Waals surface area (Å²) in [6.45, 7) is 2.04. The Morgan fingerprint density at radius 3 is 2.62 bits per heavy atom. The Hall–Kier alpha value is -3.15. The molecular weight excluding hydrogens is 308 g/mol. The number of rotatable bonds is 3. The molecule has 2 aromatic heterocycles. The zero-order valence-electron chi connectivity index (χ0n) is 13.3. The third kappa shape index (κ3) is 2.62. The van der Waals surface area contributed by atoms with Crippen molar-refractivity contribution in [2.24, 2.45) is 0 Å². The van der Waals surface area contributed by atoms with Gasteiger partial charge in [0.15, 0.2) is 11.4 Å². The molecule has 0 saturated carbocycles. The van der Waals surface area contributed by atoms with Crippen LogP contribution in [-0.4, -0.2) is 27.7 Å². The fraction of sp³-hybridized carbons (Fsp3) is 0.167. The van der Waals surface area contributed by atoms with Crippen LogP contribution in [0.5, 0.6) is 5.75 Å². The molecule has 2 heterocycles. The molecule has 0 aliphatic carbocycles. The van der Waals surface area contributed by atoms with Crippen molar-refractivity contribution in [3.05, 3.63) is 69.9 Å². The number of esters is 1. The van der Waals surface area contributed by atoms with Crippen molar-refractivity contribution in [1.29, 1.82) is 0 Å². The van der Waals surface area contributed by atoms with E-state index in [1.165, 1.54) is 7.11 Å². The Kier molecular flexibility index (Phi) is 4.04. The fourth-order valence-electron chi connectivity index (χ4n) is 2.67. The van der Waals surface area contributed by atoms with E-state index in [1.807, 2.05) is 30.3 Å². The number of aromatic nitrogens is 2. The third-order valence-corrected chi connectivity index (χ3v) is 3.86. The van der Waals surface area contributed by atoms with Crippen LogP contribution in [0.15, 0.2) is 47.4 Å². The number of fused-ring (bicyclic) bond motifs is 1. The van der Waals surface area contributed by atoms with E-state index >= 15 is 0 Å². The standard InChI is InChI=1S/C18H16N2O4/c1-11-14-13(16(21)15(19-11)18(23)24-2)8-9-20(17(14)22)10-12-6-4-3-5-7-12/h3-9,21H,10H2,1-2H3. The topological polar surface area (TPSA) is 81.4 Å².